The molecule has 6 heteroatoms. The summed E-state index contributed by atoms with van der Waals surface area (Å²) in [6.07, 6.45) is 6.28. The molecular formula is C21H25N5O. The van der Waals surface area contributed by atoms with Gasteiger partial charge in [-0.15, -0.1) is 0 Å². The van der Waals surface area contributed by atoms with Crippen molar-refractivity contribution in [2.24, 2.45) is 0 Å². The second kappa shape index (κ2) is 7.78. The Labute approximate surface area is 159 Å². The number of nitrogens with one attached hydrogen (secondary N) is 1. The summed E-state index contributed by atoms with van der Waals surface area (Å²) in [5, 5.41) is 11.8. The number of hydrogen-bond donors (Lipinski definition) is 1. The maximum absolute atomic E-state index is 12.5. The summed E-state index contributed by atoms with van der Waals surface area (Å²) in [6.45, 7) is 4.21. The number of likely N-dealkylation sites (tertiary alicyclic amines) is 1. The Morgan fingerprint density at radius 1 is 1.19 bits per heavy atom. The fraction of sp³-hybridized carbons (Fsp3) is 0.381. The monoisotopic (exact) mass is 363 g/mol. The van der Waals surface area contributed by atoms with Gasteiger partial charge in [-0.05, 0) is 31.4 Å². The van der Waals surface area contributed by atoms with Crippen molar-refractivity contribution in [2.45, 2.75) is 38.6 Å². The molecule has 1 saturated heterocycles. The number of nitrogens with zero attached hydrogens (tertiary/aromatic N) is 4. The first kappa shape index (κ1) is 17.5. The van der Waals surface area contributed by atoms with Crippen LogP contribution < -0.4 is 0 Å². The molecule has 1 aromatic carbocycles. The van der Waals surface area contributed by atoms with E-state index in [4.69, 9.17) is 0 Å². The SMILES string of the molecule is Cc1ccn(CCC(=O)N2CCC(c3[nH]ncc3-c3ccccc3)CC2)n1. The van der Waals surface area contributed by atoms with E-state index < -0.39 is 0 Å². The molecule has 1 aliphatic heterocycles. The van der Waals surface area contributed by atoms with Crippen molar-refractivity contribution < 1.29 is 4.79 Å². The highest BCUT2D eigenvalue weighted by Gasteiger charge is 2.26. The predicted molar refractivity (Wildman–Crippen MR) is 104 cm³/mol. The second-order valence-corrected chi connectivity index (χ2v) is 7.19. The molecular weight excluding hydrogens is 338 g/mol. The first-order chi connectivity index (χ1) is 13.2. The maximum atomic E-state index is 12.5. The topological polar surface area (TPSA) is 66.8 Å². The largest absolute Gasteiger partial charge is 0.343 e. The van der Waals surface area contributed by atoms with Gasteiger partial charge in [0.15, 0.2) is 0 Å². The number of piperidine rings is 1. The van der Waals surface area contributed by atoms with Gasteiger partial charge in [0.1, 0.15) is 0 Å². The number of aromatic nitrogens is 4. The van der Waals surface area contributed by atoms with Gasteiger partial charge < -0.3 is 4.90 Å². The van der Waals surface area contributed by atoms with Crippen LogP contribution in [-0.2, 0) is 11.3 Å². The highest BCUT2D eigenvalue weighted by Crippen LogP contribution is 2.33. The minimum atomic E-state index is 0.217. The van der Waals surface area contributed by atoms with E-state index in [0.717, 1.165) is 31.6 Å². The smallest absolute Gasteiger partial charge is 0.224 e. The van der Waals surface area contributed by atoms with Crippen LogP contribution in [0.4, 0.5) is 0 Å². The molecule has 1 N–H and O–H groups in total. The quantitative estimate of drug-likeness (QED) is 0.756. The van der Waals surface area contributed by atoms with Crippen LogP contribution in [0.5, 0.6) is 0 Å². The van der Waals surface area contributed by atoms with E-state index in [-0.39, 0.29) is 5.91 Å². The summed E-state index contributed by atoms with van der Waals surface area (Å²) in [5.41, 5.74) is 4.54. The minimum Gasteiger partial charge on any atom is -0.343 e. The molecule has 0 spiro atoms. The van der Waals surface area contributed by atoms with Crippen molar-refractivity contribution in [3.05, 3.63) is 60.2 Å². The molecule has 3 heterocycles. The lowest BCUT2D eigenvalue weighted by atomic mass is 9.89. The highest BCUT2D eigenvalue weighted by molar-refractivity contribution is 5.76. The first-order valence-corrected chi connectivity index (χ1v) is 9.57. The molecule has 1 fully saturated rings. The number of aromatic amines is 1. The number of aryl methyl sites for hydroxylation is 2. The number of benzene rings is 1. The Balaban J connectivity index is 1.34. The zero-order chi connectivity index (χ0) is 18.6. The van der Waals surface area contributed by atoms with Gasteiger partial charge in [-0.2, -0.15) is 10.2 Å². The number of H-pyrrole nitrogens is 1. The molecule has 4 rings (SSSR count). The van der Waals surface area contributed by atoms with Crippen molar-refractivity contribution in [2.75, 3.05) is 13.1 Å². The van der Waals surface area contributed by atoms with Crippen molar-refractivity contribution in [1.82, 2.24) is 24.9 Å². The third kappa shape index (κ3) is 3.94. The lowest BCUT2D eigenvalue weighted by Crippen LogP contribution is -2.38. The summed E-state index contributed by atoms with van der Waals surface area (Å²) in [7, 11) is 0. The summed E-state index contributed by atoms with van der Waals surface area (Å²) in [5.74, 6) is 0.634. The van der Waals surface area contributed by atoms with Gasteiger partial charge in [-0.25, -0.2) is 0 Å². The van der Waals surface area contributed by atoms with E-state index in [9.17, 15) is 4.79 Å². The van der Waals surface area contributed by atoms with Gasteiger partial charge in [0, 0.05) is 49.4 Å². The molecule has 2 aromatic heterocycles. The standard InChI is InChI=1S/C21H25N5O/c1-16-7-13-26(24-16)14-10-20(27)25-11-8-18(9-12-25)21-19(15-22-23-21)17-5-3-2-4-6-17/h2-7,13,15,18H,8-12,14H2,1H3,(H,22,23). The van der Waals surface area contributed by atoms with E-state index in [1.807, 2.05) is 41.0 Å². The summed E-state index contributed by atoms with van der Waals surface area (Å²) >= 11 is 0. The molecule has 27 heavy (non-hydrogen) atoms. The van der Waals surface area contributed by atoms with Crippen molar-refractivity contribution in [1.29, 1.82) is 0 Å². The molecule has 0 unspecified atom stereocenters. The molecule has 0 radical (unpaired) electrons. The summed E-state index contributed by atoms with van der Waals surface area (Å²) in [6, 6.07) is 12.3. The molecule has 6 nitrogen and oxygen atoms in total. The molecule has 0 aliphatic carbocycles. The normalized spacial score (nSPS) is 15.2. The summed E-state index contributed by atoms with van der Waals surface area (Å²) < 4.78 is 1.84. The molecule has 1 amide bonds. The predicted octanol–water partition coefficient (Wildman–Crippen LogP) is 3.38. The van der Waals surface area contributed by atoms with Crippen LogP contribution in [-0.4, -0.2) is 43.9 Å². The van der Waals surface area contributed by atoms with Crippen molar-refractivity contribution in [3.8, 4) is 11.1 Å². The van der Waals surface area contributed by atoms with Gasteiger partial charge in [0.25, 0.3) is 0 Å². The number of amides is 1. The van der Waals surface area contributed by atoms with Gasteiger partial charge in [0.05, 0.1) is 11.9 Å². The number of hydrogen-bond acceptors (Lipinski definition) is 3. The molecule has 0 saturated carbocycles. The van der Waals surface area contributed by atoms with Crippen LogP contribution >= 0.6 is 0 Å². The zero-order valence-electron chi connectivity index (χ0n) is 15.6. The molecule has 1 aliphatic rings. The average molecular weight is 363 g/mol. The van der Waals surface area contributed by atoms with Crippen LogP contribution in [0.3, 0.4) is 0 Å². The lowest BCUT2D eigenvalue weighted by Gasteiger charge is -2.32. The van der Waals surface area contributed by atoms with Gasteiger partial charge in [-0.1, -0.05) is 30.3 Å². The van der Waals surface area contributed by atoms with Crippen LogP contribution in [0, 0.1) is 6.92 Å². The fourth-order valence-electron chi connectivity index (χ4n) is 3.83. The summed E-state index contributed by atoms with van der Waals surface area (Å²) in [4.78, 5) is 14.5. The van der Waals surface area contributed by atoms with Crippen molar-refractivity contribution >= 4 is 5.91 Å². The number of carbonyl (C=O) groups is 1. The van der Waals surface area contributed by atoms with E-state index >= 15 is 0 Å². The number of rotatable bonds is 5. The fourth-order valence-corrected chi connectivity index (χ4v) is 3.83. The molecule has 0 bridgehead atoms. The maximum Gasteiger partial charge on any atom is 0.224 e. The molecule has 140 valence electrons. The van der Waals surface area contributed by atoms with E-state index in [0.29, 0.717) is 18.9 Å². The minimum absolute atomic E-state index is 0.217. The first-order valence-electron chi connectivity index (χ1n) is 9.57. The third-order valence-corrected chi connectivity index (χ3v) is 5.34. The molecule has 0 atom stereocenters. The number of carbonyl (C=O) groups excluding carboxylic acids is 1. The zero-order valence-corrected chi connectivity index (χ0v) is 15.6. The van der Waals surface area contributed by atoms with Gasteiger partial charge in [0.2, 0.25) is 5.91 Å². The Morgan fingerprint density at radius 3 is 2.67 bits per heavy atom. The van der Waals surface area contributed by atoms with Crippen LogP contribution in [0.2, 0.25) is 0 Å². The Kier molecular flexibility index (Phi) is 5.05. The van der Waals surface area contributed by atoms with Gasteiger partial charge >= 0.3 is 0 Å². The molecule has 3 aromatic rings. The highest BCUT2D eigenvalue weighted by atomic mass is 16.2. The Morgan fingerprint density at radius 2 is 1.96 bits per heavy atom. The van der Waals surface area contributed by atoms with Gasteiger partial charge in [-0.3, -0.25) is 14.6 Å². The van der Waals surface area contributed by atoms with Crippen LogP contribution in [0.25, 0.3) is 11.1 Å². The third-order valence-electron chi connectivity index (χ3n) is 5.34. The van der Waals surface area contributed by atoms with E-state index in [1.54, 1.807) is 0 Å². The van der Waals surface area contributed by atoms with Crippen LogP contribution in [0.15, 0.2) is 48.8 Å². The van der Waals surface area contributed by atoms with Crippen molar-refractivity contribution in [3.63, 3.8) is 0 Å². The average Bonchev–Trinajstić information content (AvgIpc) is 3.36. The van der Waals surface area contributed by atoms with Crippen LogP contribution in [0.1, 0.15) is 36.6 Å². The van der Waals surface area contributed by atoms with E-state index in [1.165, 1.54) is 16.8 Å². The second-order valence-electron chi connectivity index (χ2n) is 7.19. The van der Waals surface area contributed by atoms with E-state index in [2.05, 4.69) is 39.6 Å². The Hall–Kier alpha value is -2.89. The Bertz CT molecular complexity index is 890. The lowest BCUT2D eigenvalue weighted by molar-refractivity contribution is -0.132.